The molecule has 0 radical (unpaired) electrons. The lowest BCUT2D eigenvalue weighted by Gasteiger charge is -2.43. The number of hydrogen-bond donors (Lipinski definition) is 2. The lowest BCUT2D eigenvalue weighted by Crippen LogP contribution is -2.52. The van der Waals surface area contributed by atoms with Crippen molar-refractivity contribution in [3.63, 3.8) is 0 Å². The number of carboxylic acid groups (broad SMARTS) is 1. The second-order valence-electron chi connectivity index (χ2n) is 8.86. The highest BCUT2D eigenvalue weighted by molar-refractivity contribution is 5.84. The minimum atomic E-state index is -1.16. The van der Waals surface area contributed by atoms with Crippen LogP contribution in [0.3, 0.4) is 0 Å². The molecule has 0 spiro atoms. The van der Waals surface area contributed by atoms with Crippen molar-refractivity contribution >= 4 is 12.1 Å². The number of hydrogen-bond acceptors (Lipinski definition) is 7. The molecule has 6 rings (SSSR count). The van der Waals surface area contributed by atoms with Crippen molar-refractivity contribution in [3.8, 4) is 5.75 Å². The van der Waals surface area contributed by atoms with Gasteiger partial charge in [-0.3, -0.25) is 4.90 Å². The van der Waals surface area contributed by atoms with E-state index in [0.717, 1.165) is 49.9 Å². The van der Waals surface area contributed by atoms with E-state index in [1.165, 1.54) is 0 Å². The summed E-state index contributed by atoms with van der Waals surface area (Å²) in [6, 6.07) is 16.6. The number of carbonyl (C=O) groups excluding carboxylic acids is 1. The smallest absolute Gasteiger partial charge is 0.408 e. The van der Waals surface area contributed by atoms with E-state index in [1.807, 2.05) is 48.5 Å². The first kappa shape index (κ1) is 22.9. The summed E-state index contributed by atoms with van der Waals surface area (Å²) >= 11 is 0. The normalized spacial score (nSPS) is 21.8. The number of carbonyl (C=O) groups is 2. The third-order valence-electron chi connectivity index (χ3n) is 6.57. The average Bonchev–Trinajstić information content (AvgIpc) is 3.37. The highest BCUT2D eigenvalue weighted by Crippen LogP contribution is 2.30. The van der Waals surface area contributed by atoms with Crippen molar-refractivity contribution in [3.05, 3.63) is 83.6 Å². The molecule has 1 aromatic heterocycles. The van der Waals surface area contributed by atoms with Crippen LogP contribution in [-0.4, -0.2) is 52.8 Å². The third-order valence-corrected chi connectivity index (χ3v) is 6.57. The quantitative estimate of drug-likeness (QED) is 0.503. The predicted octanol–water partition coefficient (Wildman–Crippen LogP) is 3.86. The SMILES string of the molecule is O=C(NC(c1ccccc1)c1cccc(OCc2nc(C(=O)O)co2)c1)O[C@H]1CN2CCC1CC2. The largest absolute Gasteiger partial charge is 0.484 e. The zero-order valence-electron chi connectivity index (χ0n) is 19.1. The van der Waals surface area contributed by atoms with Crippen LogP contribution in [0.15, 0.2) is 65.3 Å². The molecule has 4 heterocycles. The van der Waals surface area contributed by atoms with Gasteiger partial charge in [0.15, 0.2) is 12.3 Å². The molecule has 182 valence electrons. The van der Waals surface area contributed by atoms with Crippen LogP contribution < -0.4 is 10.1 Å². The first-order valence-corrected chi connectivity index (χ1v) is 11.7. The maximum Gasteiger partial charge on any atom is 0.408 e. The van der Waals surface area contributed by atoms with Gasteiger partial charge in [-0.2, -0.15) is 0 Å². The molecule has 1 amide bonds. The Morgan fingerprint density at radius 1 is 1.11 bits per heavy atom. The number of nitrogens with zero attached hydrogens (tertiary/aromatic N) is 2. The number of fused-ring (bicyclic) bond motifs is 3. The highest BCUT2D eigenvalue weighted by atomic mass is 16.6. The monoisotopic (exact) mass is 477 g/mol. The van der Waals surface area contributed by atoms with Gasteiger partial charge in [0.05, 0.1) is 6.04 Å². The standard InChI is InChI=1S/C26H27N3O6/c30-25(31)21-15-34-23(27-21)16-33-20-8-4-7-19(13-20)24(18-5-2-1-3-6-18)28-26(32)35-22-14-29-11-9-17(22)10-12-29/h1-8,13,15,17,22,24H,9-12,14,16H2,(H,28,32)(H,30,31)/t22-,24?/m0/s1. The number of rotatable bonds is 8. The number of ether oxygens (including phenoxy) is 2. The highest BCUT2D eigenvalue weighted by Gasteiger charge is 2.36. The maximum atomic E-state index is 12.9. The second kappa shape index (κ2) is 10.2. The van der Waals surface area contributed by atoms with Crippen LogP contribution in [0.25, 0.3) is 0 Å². The van der Waals surface area contributed by atoms with Gasteiger partial charge in [0.2, 0.25) is 5.89 Å². The average molecular weight is 478 g/mol. The molecule has 35 heavy (non-hydrogen) atoms. The van der Waals surface area contributed by atoms with Crippen molar-refractivity contribution in [2.45, 2.75) is 31.6 Å². The molecule has 3 aliphatic rings. The fourth-order valence-corrected chi connectivity index (χ4v) is 4.74. The lowest BCUT2D eigenvalue weighted by atomic mass is 9.86. The number of nitrogens with one attached hydrogen (secondary N) is 1. The van der Waals surface area contributed by atoms with Crippen molar-refractivity contribution in [2.24, 2.45) is 5.92 Å². The van der Waals surface area contributed by atoms with Crippen LogP contribution in [0.1, 0.15) is 46.4 Å². The molecule has 2 bridgehead atoms. The van der Waals surface area contributed by atoms with Crippen LogP contribution in [-0.2, 0) is 11.3 Å². The van der Waals surface area contributed by atoms with E-state index < -0.39 is 18.1 Å². The van der Waals surface area contributed by atoms with Gasteiger partial charge >= 0.3 is 12.1 Å². The van der Waals surface area contributed by atoms with E-state index in [1.54, 1.807) is 6.07 Å². The summed E-state index contributed by atoms with van der Waals surface area (Å²) in [7, 11) is 0. The predicted molar refractivity (Wildman–Crippen MR) is 125 cm³/mol. The molecule has 3 aliphatic heterocycles. The number of oxazole rings is 1. The fourth-order valence-electron chi connectivity index (χ4n) is 4.74. The van der Waals surface area contributed by atoms with Gasteiger partial charge in [-0.15, -0.1) is 0 Å². The first-order chi connectivity index (χ1) is 17.0. The minimum absolute atomic E-state index is 0.0260. The number of aromatic carboxylic acids is 1. The number of piperidine rings is 3. The summed E-state index contributed by atoms with van der Waals surface area (Å²) in [6.07, 6.45) is 2.69. The Morgan fingerprint density at radius 3 is 2.57 bits per heavy atom. The number of aromatic nitrogens is 1. The van der Waals surface area contributed by atoms with Crippen LogP contribution in [0, 0.1) is 5.92 Å². The first-order valence-electron chi connectivity index (χ1n) is 11.7. The summed E-state index contributed by atoms with van der Waals surface area (Å²) < 4.78 is 16.8. The summed E-state index contributed by atoms with van der Waals surface area (Å²) in [5, 5.41) is 12.0. The molecule has 0 saturated carbocycles. The van der Waals surface area contributed by atoms with E-state index in [0.29, 0.717) is 11.7 Å². The zero-order valence-corrected chi connectivity index (χ0v) is 19.1. The van der Waals surface area contributed by atoms with Crippen molar-refractivity contribution in [1.82, 2.24) is 15.2 Å². The van der Waals surface area contributed by atoms with Gasteiger partial charge < -0.3 is 24.3 Å². The summed E-state index contributed by atoms with van der Waals surface area (Å²) in [5.74, 6) is -0.0453. The van der Waals surface area contributed by atoms with Gasteiger partial charge in [0.25, 0.3) is 0 Å². The Balaban J connectivity index is 1.29. The van der Waals surface area contributed by atoms with E-state index in [9.17, 15) is 9.59 Å². The molecule has 1 unspecified atom stereocenters. The van der Waals surface area contributed by atoms with Gasteiger partial charge in [-0.05, 0) is 55.1 Å². The van der Waals surface area contributed by atoms with E-state index in [2.05, 4.69) is 15.2 Å². The zero-order chi connectivity index (χ0) is 24.2. The van der Waals surface area contributed by atoms with E-state index in [4.69, 9.17) is 19.0 Å². The molecular formula is C26H27N3O6. The summed E-state index contributed by atoms with van der Waals surface area (Å²) in [5.41, 5.74) is 1.56. The van der Waals surface area contributed by atoms with Gasteiger partial charge in [-0.1, -0.05) is 42.5 Å². The van der Waals surface area contributed by atoms with Crippen molar-refractivity contribution in [2.75, 3.05) is 19.6 Å². The molecule has 3 saturated heterocycles. The molecule has 3 fully saturated rings. The Labute approximate surface area is 202 Å². The lowest BCUT2D eigenvalue weighted by molar-refractivity contribution is -0.0336. The fraction of sp³-hybridized carbons (Fsp3) is 0.346. The van der Waals surface area contributed by atoms with Crippen LogP contribution in [0.5, 0.6) is 5.75 Å². The third kappa shape index (κ3) is 5.46. The maximum absolute atomic E-state index is 12.9. The van der Waals surface area contributed by atoms with Crippen LogP contribution >= 0.6 is 0 Å². The molecule has 2 atom stereocenters. The number of amides is 1. The van der Waals surface area contributed by atoms with E-state index >= 15 is 0 Å². The molecule has 3 aromatic rings. The van der Waals surface area contributed by atoms with Crippen molar-refractivity contribution in [1.29, 1.82) is 0 Å². The summed E-state index contributed by atoms with van der Waals surface area (Å²) in [4.78, 5) is 30.2. The molecule has 2 N–H and O–H groups in total. The molecule has 9 heteroatoms. The Kier molecular flexibility index (Phi) is 6.67. The number of carboxylic acids is 1. The summed E-state index contributed by atoms with van der Waals surface area (Å²) in [6.45, 7) is 2.93. The number of alkyl carbamates (subject to hydrolysis) is 1. The Hall–Kier alpha value is -3.85. The topological polar surface area (TPSA) is 114 Å². The number of benzene rings is 2. The van der Waals surface area contributed by atoms with Gasteiger partial charge in [-0.25, -0.2) is 14.6 Å². The van der Waals surface area contributed by atoms with Gasteiger partial charge in [0, 0.05) is 6.54 Å². The van der Waals surface area contributed by atoms with Crippen LogP contribution in [0.2, 0.25) is 0 Å². The van der Waals surface area contributed by atoms with Crippen molar-refractivity contribution < 1.29 is 28.6 Å². The molecular weight excluding hydrogens is 450 g/mol. The minimum Gasteiger partial charge on any atom is -0.484 e. The Morgan fingerprint density at radius 2 is 1.89 bits per heavy atom. The molecule has 2 aromatic carbocycles. The van der Waals surface area contributed by atoms with Crippen LogP contribution in [0.4, 0.5) is 4.79 Å². The Bertz CT molecular complexity index is 1170. The molecule has 9 nitrogen and oxygen atoms in total. The second-order valence-corrected chi connectivity index (χ2v) is 8.86. The molecule has 0 aliphatic carbocycles. The van der Waals surface area contributed by atoms with E-state index in [-0.39, 0.29) is 24.3 Å². The van der Waals surface area contributed by atoms with Gasteiger partial charge in [0.1, 0.15) is 18.1 Å².